The molecule has 1 aromatic heterocycles. The fourth-order valence-corrected chi connectivity index (χ4v) is 2.17. The quantitative estimate of drug-likeness (QED) is 0.576. The van der Waals surface area contributed by atoms with Gasteiger partial charge in [-0.25, -0.2) is 4.98 Å². The first kappa shape index (κ1) is 16.1. The van der Waals surface area contributed by atoms with E-state index in [4.69, 9.17) is 0 Å². The molecule has 1 aromatic rings. The Morgan fingerprint density at radius 2 is 2.00 bits per heavy atom. The first-order valence-corrected chi connectivity index (χ1v) is 5.63. The zero-order valence-electron chi connectivity index (χ0n) is 9.38. The van der Waals surface area contributed by atoms with Crippen LogP contribution in [0.4, 0.5) is 0 Å². The highest BCUT2D eigenvalue weighted by molar-refractivity contribution is 4.93. The maximum absolute atomic E-state index is 4.02. The lowest BCUT2D eigenvalue weighted by Gasteiger charge is -2.22. The highest BCUT2D eigenvalue weighted by Crippen LogP contribution is 2.18. The number of piperidine rings is 1. The molecule has 1 fully saturated rings. The molecule has 2 rings (SSSR count). The van der Waals surface area contributed by atoms with Crippen molar-refractivity contribution in [1.29, 1.82) is 0 Å². The van der Waals surface area contributed by atoms with Gasteiger partial charge in [0.1, 0.15) is 0 Å². The van der Waals surface area contributed by atoms with E-state index in [2.05, 4.69) is 15.3 Å². The van der Waals surface area contributed by atoms with E-state index in [9.17, 15) is 0 Å². The van der Waals surface area contributed by atoms with Gasteiger partial charge < -0.3 is 44.3 Å². The number of imidazole rings is 1. The van der Waals surface area contributed by atoms with Crippen molar-refractivity contribution in [2.24, 2.45) is 5.92 Å². The Balaban J connectivity index is 0.00000112. The van der Waals surface area contributed by atoms with Crippen molar-refractivity contribution >= 4 is 0 Å². The van der Waals surface area contributed by atoms with Crippen LogP contribution in [0.5, 0.6) is 0 Å². The number of rotatable bonds is 4. The molecule has 94 valence electrons. The van der Waals surface area contributed by atoms with Gasteiger partial charge in [0, 0.05) is 11.9 Å². The molecule has 16 heavy (non-hydrogen) atoms. The molecule has 2 N–H and O–H groups in total. The van der Waals surface area contributed by atoms with E-state index in [-0.39, 0.29) is 34.0 Å². The average Bonchev–Trinajstić information content (AvgIpc) is 2.72. The molecule has 0 saturated carbocycles. The van der Waals surface area contributed by atoms with Gasteiger partial charge in [0.15, 0.2) is 0 Å². The molecule has 0 bridgehead atoms. The highest BCUT2D eigenvalue weighted by Gasteiger charge is 2.12. The third-order valence-corrected chi connectivity index (χ3v) is 3.07. The molecule has 0 aliphatic carbocycles. The monoisotopic (exact) mass is 351 g/mol. The smallest absolute Gasteiger partial charge is 0.0921 e. The number of hydrogen-bond donors (Lipinski definition) is 2. The number of aryl methyl sites for hydroxylation is 1. The second-order valence-electron chi connectivity index (χ2n) is 4.16. The van der Waals surface area contributed by atoms with E-state index < -0.39 is 0 Å². The van der Waals surface area contributed by atoms with Gasteiger partial charge in [0.05, 0.1) is 6.33 Å². The molecule has 2 heterocycles. The summed E-state index contributed by atoms with van der Waals surface area (Å²) in [4.78, 5) is 7.17. The van der Waals surface area contributed by atoms with Gasteiger partial charge >= 0.3 is 0 Å². The molecule has 1 aliphatic heterocycles. The first-order valence-electron chi connectivity index (χ1n) is 5.63. The second kappa shape index (κ2) is 9.19. The predicted molar refractivity (Wildman–Crippen MR) is 57.1 cm³/mol. The zero-order valence-corrected chi connectivity index (χ0v) is 12.6. The lowest BCUT2D eigenvalue weighted by Crippen LogP contribution is -3.00. The SMILES string of the molecule is [Br-].[Br-].c1ncc(CCCC2CCNCC2)[nH]1. The van der Waals surface area contributed by atoms with Gasteiger partial charge in [0.2, 0.25) is 0 Å². The molecule has 0 radical (unpaired) electrons. The van der Waals surface area contributed by atoms with E-state index in [1.165, 1.54) is 44.5 Å². The Kier molecular flexibility index (Phi) is 9.26. The summed E-state index contributed by atoms with van der Waals surface area (Å²) in [5, 5.41) is 3.40. The van der Waals surface area contributed by atoms with E-state index in [0.717, 1.165) is 12.3 Å². The Labute approximate surface area is 118 Å². The molecular formula is C11H19Br2N3-2. The minimum atomic E-state index is 0. The molecule has 0 unspecified atom stereocenters. The maximum Gasteiger partial charge on any atom is 0.0921 e. The Bertz CT molecular complexity index is 246. The van der Waals surface area contributed by atoms with Gasteiger partial charge in [-0.05, 0) is 51.1 Å². The molecule has 1 saturated heterocycles. The zero-order chi connectivity index (χ0) is 9.64. The standard InChI is InChI=1S/C11H19N3.2BrH/c1(3-11-8-13-9-14-11)2-10-4-6-12-7-5-10;;/h8-10,12H,1-7H2,(H,13,14);2*1H/p-2. The summed E-state index contributed by atoms with van der Waals surface area (Å²) >= 11 is 0. The van der Waals surface area contributed by atoms with Crippen LogP contribution in [0.15, 0.2) is 12.5 Å². The third kappa shape index (κ3) is 5.46. The summed E-state index contributed by atoms with van der Waals surface area (Å²) in [7, 11) is 0. The number of nitrogens with zero attached hydrogens (tertiary/aromatic N) is 1. The van der Waals surface area contributed by atoms with Crippen LogP contribution in [0, 0.1) is 5.92 Å². The lowest BCUT2D eigenvalue weighted by atomic mass is 9.92. The average molecular weight is 353 g/mol. The van der Waals surface area contributed by atoms with Crippen molar-refractivity contribution < 1.29 is 34.0 Å². The molecule has 1 aliphatic rings. The van der Waals surface area contributed by atoms with Gasteiger partial charge in [0.25, 0.3) is 0 Å². The van der Waals surface area contributed by atoms with Crippen LogP contribution in [0.2, 0.25) is 0 Å². The van der Waals surface area contributed by atoms with Gasteiger partial charge in [-0.3, -0.25) is 0 Å². The van der Waals surface area contributed by atoms with Crippen LogP contribution in [-0.2, 0) is 6.42 Å². The number of aromatic nitrogens is 2. The fourth-order valence-electron chi connectivity index (χ4n) is 2.17. The first-order chi connectivity index (χ1) is 6.95. The summed E-state index contributed by atoms with van der Waals surface area (Å²) < 4.78 is 0. The van der Waals surface area contributed by atoms with Crippen LogP contribution >= 0.6 is 0 Å². The van der Waals surface area contributed by atoms with Gasteiger partial charge in [-0.15, -0.1) is 0 Å². The van der Waals surface area contributed by atoms with E-state index in [1.807, 2.05) is 6.20 Å². The maximum atomic E-state index is 4.02. The van der Waals surface area contributed by atoms with Crippen LogP contribution in [0.1, 0.15) is 31.4 Å². The molecule has 5 heteroatoms. The van der Waals surface area contributed by atoms with Crippen molar-refractivity contribution in [2.45, 2.75) is 32.1 Å². The Morgan fingerprint density at radius 1 is 1.25 bits per heavy atom. The number of halogens is 2. The Morgan fingerprint density at radius 3 is 2.62 bits per heavy atom. The summed E-state index contributed by atoms with van der Waals surface area (Å²) in [6.07, 6.45) is 10.3. The van der Waals surface area contributed by atoms with E-state index in [0.29, 0.717) is 0 Å². The molecule has 0 amide bonds. The summed E-state index contributed by atoms with van der Waals surface area (Å²) in [6.45, 7) is 2.43. The summed E-state index contributed by atoms with van der Waals surface area (Å²) in [6, 6.07) is 0. The predicted octanol–water partition coefficient (Wildman–Crippen LogP) is -4.26. The molecule has 0 atom stereocenters. The van der Waals surface area contributed by atoms with Gasteiger partial charge in [-0.2, -0.15) is 0 Å². The van der Waals surface area contributed by atoms with Crippen molar-refractivity contribution in [1.82, 2.24) is 15.3 Å². The van der Waals surface area contributed by atoms with Crippen molar-refractivity contribution in [3.8, 4) is 0 Å². The van der Waals surface area contributed by atoms with Crippen LogP contribution in [0.25, 0.3) is 0 Å². The minimum absolute atomic E-state index is 0. The van der Waals surface area contributed by atoms with Crippen molar-refractivity contribution in [3.63, 3.8) is 0 Å². The normalized spacial score (nSPS) is 16.2. The van der Waals surface area contributed by atoms with Crippen LogP contribution in [0.3, 0.4) is 0 Å². The Hall–Kier alpha value is 0.130. The second-order valence-corrected chi connectivity index (χ2v) is 4.16. The van der Waals surface area contributed by atoms with Crippen LogP contribution in [-0.4, -0.2) is 23.1 Å². The lowest BCUT2D eigenvalue weighted by molar-refractivity contribution is -0.001000. The van der Waals surface area contributed by atoms with Crippen molar-refractivity contribution in [3.05, 3.63) is 18.2 Å². The molecule has 3 nitrogen and oxygen atoms in total. The van der Waals surface area contributed by atoms with E-state index >= 15 is 0 Å². The highest BCUT2D eigenvalue weighted by atomic mass is 79.9. The van der Waals surface area contributed by atoms with Crippen molar-refractivity contribution in [2.75, 3.05) is 13.1 Å². The van der Waals surface area contributed by atoms with Gasteiger partial charge in [-0.1, -0.05) is 0 Å². The third-order valence-electron chi connectivity index (χ3n) is 3.07. The molecule has 0 aromatic carbocycles. The number of aromatic amines is 1. The topological polar surface area (TPSA) is 40.7 Å². The number of H-pyrrole nitrogens is 1. The number of hydrogen-bond acceptors (Lipinski definition) is 2. The largest absolute Gasteiger partial charge is 1.00 e. The number of nitrogens with one attached hydrogen (secondary N) is 2. The summed E-state index contributed by atoms with van der Waals surface area (Å²) in [5.41, 5.74) is 1.28. The molecule has 0 spiro atoms. The molecular weight excluding hydrogens is 334 g/mol. The summed E-state index contributed by atoms with van der Waals surface area (Å²) in [5.74, 6) is 0.958. The minimum Gasteiger partial charge on any atom is -1.00 e. The van der Waals surface area contributed by atoms with E-state index in [1.54, 1.807) is 6.33 Å². The fraction of sp³-hybridized carbons (Fsp3) is 0.727. The van der Waals surface area contributed by atoms with Crippen LogP contribution < -0.4 is 39.3 Å².